The minimum atomic E-state index is -0.235. The van der Waals surface area contributed by atoms with E-state index < -0.39 is 0 Å². The van der Waals surface area contributed by atoms with Gasteiger partial charge in [-0.3, -0.25) is 9.36 Å². The summed E-state index contributed by atoms with van der Waals surface area (Å²) in [6, 6.07) is 13.9. The minimum absolute atomic E-state index is 0.0162. The highest BCUT2D eigenvalue weighted by molar-refractivity contribution is 5.92. The van der Waals surface area contributed by atoms with Crippen LogP contribution in [0.3, 0.4) is 0 Å². The van der Waals surface area contributed by atoms with Gasteiger partial charge in [-0.05, 0) is 37.5 Å². The Labute approximate surface area is 193 Å². The molecule has 1 amide bonds. The lowest BCUT2D eigenvalue weighted by Crippen LogP contribution is -2.33. The molecule has 0 radical (unpaired) electrons. The summed E-state index contributed by atoms with van der Waals surface area (Å²) >= 11 is 0. The van der Waals surface area contributed by atoms with Crippen LogP contribution in [0, 0.1) is 0 Å². The van der Waals surface area contributed by atoms with Crippen LogP contribution in [0.15, 0.2) is 65.7 Å². The van der Waals surface area contributed by atoms with Crippen molar-refractivity contribution in [3.63, 3.8) is 0 Å². The number of imidazole rings is 1. The number of benzene rings is 1. The highest BCUT2D eigenvalue weighted by atomic mass is 16.5. The van der Waals surface area contributed by atoms with Gasteiger partial charge in [0.25, 0.3) is 11.8 Å². The first-order chi connectivity index (χ1) is 15.8. The molecular formula is C25H28N6O2. The summed E-state index contributed by atoms with van der Waals surface area (Å²) in [6.07, 6.45) is 6.64. The molecule has 3 heterocycles. The molecule has 0 saturated carbocycles. The van der Waals surface area contributed by atoms with Gasteiger partial charge in [0.05, 0.1) is 5.56 Å². The number of rotatable bonds is 7. The summed E-state index contributed by atoms with van der Waals surface area (Å²) in [5.74, 6) is 1.32. The number of amides is 1. The summed E-state index contributed by atoms with van der Waals surface area (Å²) < 4.78 is 7.19. The zero-order valence-corrected chi connectivity index (χ0v) is 19.3. The maximum atomic E-state index is 12.7. The smallest absolute Gasteiger partial charge is 0.271 e. The molecule has 0 bridgehead atoms. The summed E-state index contributed by atoms with van der Waals surface area (Å²) in [4.78, 5) is 26.0. The second kappa shape index (κ2) is 9.36. The zero-order chi connectivity index (χ0) is 23.4. The highest BCUT2D eigenvalue weighted by Crippen LogP contribution is 2.27. The van der Waals surface area contributed by atoms with Crippen LogP contribution in [0.25, 0.3) is 17.3 Å². The van der Waals surface area contributed by atoms with Crippen LogP contribution in [-0.2, 0) is 11.8 Å². The maximum Gasteiger partial charge on any atom is 0.271 e. The molecule has 0 spiro atoms. The summed E-state index contributed by atoms with van der Waals surface area (Å²) in [5.41, 5.74) is 2.00. The SMILES string of the molecule is C[C@H](CCc1ccccc1)NC(=O)c1cn(-c2ncccc2-c2nc(C(C)(C)C)no2)cn1. The van der Waals surface area contributed by atoms with Gasteiger partial charge < -0.3 is 9.84 Å². The lowest BCUT2D eigenvalue weighted by molar-refractivity contribution is 0.0934. The molecule has 3 aromatic heterocycles. The number of carbonyl (C=O) groups is 1. The van der Waals surface area contributed by atoms with Crippen molar-refractivity contribution in [3.05, 3.63) is 78.3 Å². The fourth-order valence-corrected chi connectivity index (χ4v) is 3.36. The normalized spacial score (nSPS) is 12.5. The van der Waals surface area contributed by atoms with Crippen molar-refractivity contribution in [2.75, 3.05) is 0 Å². The molecule has 4 aromatic rings. The molecule has 0 fully saturated rings. The molecule has 0 aliphatic heterocycles. The maximum absolute atomic E-state index is 12.7. The van der Waals surface area contributed by atoms with E-state index in [0.29, 0.717) is 28.8 Å². The molecule has 8 nitrogen and oxygen atoms in total. The Morgan fingerprint density at radius 2 is 1.91 bits per heavy atom. The van der Waals surface area contributed by atoms with Gasteiger partial charge in [-0.15, -0.1) is 0 Å². The van der Waals surface area contributed by atoms with Gasteiger partial charge in [-0.1, -0.05) is 56.3 Å². The van der Waals surface area contributed by atoms with Crippen LogP contribution in [0.2, 0.25) is 0 Å². The van der Waals surface area contributed by atoms with Crippen molar-refractivity contribution in [2.45, 2.75) is 52.0 Å². The molecular weight excluding hydrogens is 416 g/mol. The van der Waals surface area contributed by atoms with E-state index in [1.165, 1.54) is 5.56 Å². The third kappa shape index (κ3) is 5.34. The molecule has 8 heteroatoms. The molecule has 0 aliphatic carbocycles. The zero-order valence-electron chi connectivity index (χ0n) is 19.3. The Balaban J connectivity index is 1.47. The Bertz CT molecular complexity index is 1220. The number of hydrogen-bond acceptors (Lipinski definition) is 6. The number of aromatic nitrogens is 5. The lowest BCUT2D eigenvalue weighted by atomic mass is 9.96. The van der Waals surface area contributed by atoms with Crippen LogP contribution in [-0.4, -0.2) is 36.6 Å². The van der Waals surface area contributed by atoms with Gasteiger partial charge in [0, 0.05) is 23.9 Å². The number of aryl methyl sites for hydroxylation is 1. The van der Waals surface area contributed by atoms with E-state index in [1.807, 2.05) is 52.0 Å². The highest BCUT2D eigenvalue weighted by Gasteiger charge is 2.23. The van der Waals surface area contributed by atoms with Crippen LogP contribution in [0.1, 0.15) is 56.0 Å². The van der Waals surface area contributed by atoms with Crippen molar-refractivity contribution in [3.8, 4) is 17.3 Å². The molecule has 1 aromatic carbocycles. The molecule has 0 unspecified atom stereocenters. The fourth-order valence-electron chi connectivity index (χ4n) is 3.36. The van der Waals surface area contributed by atoms with E-state index in [0.717, 1.165) is 12.8 Å². The van der Waals surface area contributed by atoms with E-state index in [2.05, 4.69) is 37.6 Å². The molecule has 1 N–H and O–H groups in total. The molecule has 0 saturated heterocycles. The third-order valence-corrected chi connectivity index (χ3v) is 5.26. The quantitative estimate of drug-likeness (QED) is 0.455. The largest absolute Gasteiger partial charge is 0.348 e. The van der Waals surface area contributed by atoms with E-state index in [1.54, 1.807) is 29.4 Å². The number of hydrogen-bond donors (Lipinski definition) is 1. The Hall–Kier alpha value is -3.81. The van der Waals surface area contributed by atoms with Crippen LogP contribution in [0.4, 0.5) is 0 Å². The molecule has 1 atom stereocenters. The first kappa shape index (κ1) is 22.4. The number of nitrogens with zero attached hydrogens (tertiary/aromatic N) is 5. The Morgan fingerprint density at radius 1 is 1.12 bits per heavy atom. The number of carbonyl (C=O) groups excluding carboxylic acids is 1. The molecule has 4 rings (SSSR count). The Kier molecular flexibility index (Phi) is 6.35. The summed E-state index contributed by atoms with van der Waals surface area (Å²) in [7, 11) is 0. The first-order valence-corrected chi connectivity index (χ1v) is 11.0. The Morgan fingerprint density at radius 3 is 2.64 bits per heavy atom. The van der Waals surface area contributed by atoms with Gasteiger partial charge in [0.15, 0.2) is 11.6 Å². The average Bonchev–Trinajstić information content (AvgIpc) is 3.48. The molecule has 33 heavy (non-hydrogen) atoms. The van der Waals surface area contributed by atoms with Crippen LogP contribution < -0.4 is 5.32 Å². The predicted molar refractivity (Wildman–Crippen MR) is 125 cm³/mol. The van der Waals surface area contributed by atoms with Crippen molar-refractivity contribution < 1.29 is 9.32 Å². The standard InChI is InChI=1S/C25H28N6O2/c1-17(12-13-18-9-6-5-7-10-18)28-22(32)20-15-31(16-27-20)21-19(11-8-14-26-21)23-29-24(30-33-23)25(2,3)4/h5-11,14-17H,12-13H2,1-4H3,(H,28,32)/t17-/m1/s1. The van der Waals surface area contributed by atoms with Crippen molar-refractivity contribution in [2.24, 2.45) is 0 Å². The summed E-state index contributed by atoms with van der Waals surface area (Å²) in [6.45, 7) is 8.06. The van der Waals surface area contributed by atoms with Gasteiger partial charge in [0.2, 0.25) is 0 Å². The number of pyridine rings is 1. The van der Waals surface area contributed by atoms with E-state index in [9.17, 15) is 4.79 Å². The topological polar surface area (TPSA) is 98.7 Å². The molecule has 0 aliphatic rings. The van der Waals surface area contributed by atoms with Crippen LogP contribution >= 0.6 is 0 Å². The third-order valence-electron chi connectivity index (χ3n) is 5.26. The van der Waals surface area contributed by atoms with Crippen molar-refractivity contribution >= 4 is 5.91 Å². The van der Waals surface area contributed by atoms with Gasteiger partial charge in [-0.2, -0.15) is 4.98 Å². The van der Waals surface area contributed by atoms with Gasteiger partial charge in [-0.25, -0.2) is 9.97 Å². The van der Waals surface area contributed by atoms with Crippen molar-refractivity contribution in [1.29, 1.82) is 0 Å². The van der Waals surface area contributed by atoms with Crippen LogP contribution in [0.5, 0.6) is 0 Å². The van der Waals surface area contributed by atoms with Gasteiger partial charge in [0.1, 0.15) is 12.0 Å². The number of nitrogens with one attached hydrogen (secondary N) is 1. The molecule has 170 valence electrons. The predicted octanol–water partition coefficient (Wildman–Crippen LogP) is 4.37. The second-order valence-electron chi connectivity index (χ2n) is 9.11. The summed E-state index contributed by atoms with van der Waals surface area (Å²) in [5, 5.41) is 7.12. The lowest BCUT2D eigenvalue weighted by Gasteiger charge is -2.13. The minimum Gasteiger partial charge on any atom is -0.348 e. The van der Waals surface area contributed by atoms with Gasteiger partial charge >= 0.3 is 0 Å². The first-order valence-electron chi connectivity index (χ1n) is 11.0. The second-order valence-corrected chi connectivity index (χ2v) is 9.11. The van der Waals surface area contributed by atoms with E-state index in [-0.39, 0.29) is 17.4 Å². The fraction of sp³-hybridized carbons (Fsp3) is 0.320. The van der Waals surface area contributed by atoms with Crippen molar-refractivity contribution in [1.82, 2.24) is 30.0 Å². The van der Waals surface area contributed by atoms with E-state index in [4.69, 9.17) is 4.52 Å². The average molecular weight is 445 g/mol. The van der Waals surface area contributed by atoms with E-state index >= 15 is 0 Å². The monoisotopic (exact) mass is 444 g/mol.